The zero-order valence-electron chi connectivity index (χ0n) is 9.93. The Morgan fingerprint density at radius 2 is 1.83 bits per heavy atom. The molecule has 2 rings (SSSR count). The van der Waals surface area contributed by atoms with Crippen molar-refractivity contribution in [2.24, 2.45) is 5.16 Å². The maximum absolute atomic E-state index is 12.1. The molecule has 1 aromatic rings. The standard InChI is InChI=1S/C13H11NO4/c1-7(14-18-8(2)15)11-12(16)9-5-3-4-6-10(9)13(11)17/h3-6,16H,1-2H3/b14-7+. The molecular formula is C13H11NO4. The minimum Gasteiger partial charge on any atom is -0.506 e. The van der Waals surface area contributed by atoms with Gasteiger partial charge in [-0.3, -0.25) is 4.79 Å². The van der Waals surface area contributed by atoms with Gasteiger partial charge in [0.15, 0.2) is 5.78 Å². The van der Waals surface area contributed by atoms with Crippen LogP contribution >= 0.6 is 0 Å². The van der Waals surface area contributed by atoms with Gasteiger partial charge in [-0.05, 0) is 6.92 Å². The summed E-state index contributed by atoms with van der Waals surface area (Å²) >= 11 is 0. The van der Waals surface area contributed by atoms with E-state index in [0.29, 0.717) is 11.1 Å². The molecule has 0 radical (unpaired) electrons. The Balaban J connectivity index is 2.43. The molecule has 18 heavy (non-hydrogen) atoms. The average Bonchev–Trinajstić information content (AvgIpc) is 2.60. The van der Waals surface area contributed by atoms with E-state index in [1.807, 2.05) is 0 Å². The summed E-state index contributed by atoms with van der Waals surface area (Å²) in [4.78, 5) is 27.2. The lowest BCUT2D eigenvalue weighted by atomic mass is 10.1. The van der Waals surface area contributed by atoms with Crippen LogP contribution in [0.5, 0.6) is 0 Å². The topological polar surface area (TPSA) is 76.0 Å². The number of nitrogens with zero attached hydrogens (tertiary/aromatic N) is 1. The lowest BCUT2D eigenvalue weighted by Gasteiger charge is -2.00. The fourth-order valence-corrected chi connectivity index (χ4v) is 1.78. The van der Waals surface area contributed by atoms with Gasteiger partial charge in [0.05, 0.1) is 11.3 Å². The molecule has 0 amide bonds. The zero-order chi connectivity index (χ0) is 13.3. The van der Waals surface area contributed by atoms with Crippen molar-refractivity contribution in [1.82, 2.24) is 0 Å². The molecule has 0 saturated carbocycles. The molecule has 0 fully saturated rings. The van der Waals surface area contributed by atoms with Crippen LogP contribution in [-0.4, -0.2) is 22.6 Å². The van der Waals surface area contributed by atoms with Gasteiger partial charge in [0, 0.05) is 18.1 Å². The van der Waals surface area contributed by atoms with Crippen molar-refractivity contribution in [3.63, 3.8) is 0 Å². The largest absolute Gasteiger partial charge is 0.506 e. The molecule has 0 saturated heterocycles. The lowest BCUT2D eigenvalue weighted by molar-refractivity contribution is -0.140. The Bertz CT molecular complexity index is 599. The molecule has 92 valence electrons. The first-order valence-electron chi connectivity index (χ1n) is 5.32. The van der Waals surface area contributed by atoms with Gasteiger partial charge in [0.2, 0.25) is 0 Å². The van der Waals surface area contributed by atoms with Crippen molar-refractivity contribution in [3.05, 3.63) is 41.0 Å². The van der Waals surface area contributed by atoms with E-state index >= 15 is 0 Å². The first kappa shape index (κ1) is 12.0. The maximum atomic E-state index is 12.1. The maximum Gasteiger partial charge on any atom is 0.331 e. The summed E-state index contributed by atoms with van der Waals surface area (Å²) < 4.78 is 0. The Hall–Kier alpha value is -2.43. The quantitative estimate of drug-likeness (QED) is 0.491. The molecule has 0 aromatic heterocycles. The fraction of sp³-hybridized carbons (Fsp3) is 0.154. The first-order chi connectivity index (χ1) is 8.52. The van der Waals surface area contributed by atoms with E-state index in [4.69, 9.17) is 0 Å². The van der Waals surface area contributed by atoms with Crippen molar-refractivity contribution in [1.29, 1.82) is 0 Å². The van der Waals surface area contributed by atoms with Crippen LogP contribution < -0.4 is 0 Å². The van der Waals surface area contributed by atoms with Gasteiger partial charge in [-0.1, -0.05) is 29.4 Å². The van der Waals surface area contributed by atoms with E-state index in [0.717, 1.165) is 0 Å². The lowest BCUT2D eigenvalue weighted by Crippen LogP contribution is -2.09. The minimum absolute atomic E-state index is 0.0671. The molecule has 0 aliphatic heterocycles. The number of hydrogen-bond acceptors (Lipinski definition) is 5. The van der Waals surface area contributed by atoms with Gasteiger partial charge in [0.1, 0.15) is 5.76 Å². The summed E-state index contributed by atoms with van der Waals surface area (Å²) in [5.74, 6) is -1.04. The van der Waals surface area contributed by atoms with Gasteiger partial charge >= 0.3 is 5.97 Å². The number of aliphatic hydroxyl groups excluding tert-OH is 1. The van der Waals surface area contributed by atoms with Crippen LogP contribution in [-0.2, 0) is 9.63 Å². The van der Waals surface area contributed by atoms with Gasteiger partial charge in [0.25, 0.3) is 0 Å². The highest BCUT2D eigenvalue weighted by Gasteiger charge is 2.31. The zero-order valence-corrected chi connectivity index (χ0v) is 9.93. The Morgan fingerprint density at radius 3 is 2.39 bits per heavy atom. The van der Waals surface area contributed by atoms with Gasteiger partial charge in [-0.25, -0.2) is 4.79 Å². The normalized spacial score (nSPS) is 14.8. The highest BCUT2D eigenvalue weighted by molar-refractivity contribution is 6.35. The number of carbonyl (C=O) groups excluding carboxylic acids is 2. The molecule has 1 aliphatic carbocycles. The average molecular weight is 245 g/mol. The SMILES string of the molecule is CC(=O)O/N=C(\C)C1=C(O)c2ccccc2C1=O. The monoisotopic (exact) mass is 245 g/mol. The number of allylic oxidation sites excluding steroid dienone is 1. The van der Waals surface area contributed by atoms with E-state index in [1.54, 1.807) is 24.3 Å². The number of rotatable bonds is 2. The third-order valence-corrected chi connectivity index (χ3v) is 2.56. The predicted molar refractivity (Wildman–Crippen MR) is 65.2 cm³/mol. The number of benzene rings is 1. The predicted octanol–water partition coefficient (Wildman–Crippen LogP) is 2.09. The number of oxime groups is 1. The summed E-state index contributed by atoms with van der Waals surface area (Å²) in [6.07, 6.45) is 0. The smallest absolute Gasteiger partial charge is 0.331 e. The molecular weight excluding hydrogens is 234 g/mol. The van der Waals surface area contributed by atoms with Crippen LogP contribution in [0.3, 0.4) is 0 Å². The van der Waals surface area contributed by atoms with E-state index in [2.05, 4.69) is 9.99 Å². The van der Waals surface area contributed by atoms with E-state index < -0.39 is 5.97 Å². The molecule has 0 heterocycles. The van der Waals surface area contributed by atoms with Crippen LogP contribution in [0.4, 0.5) is 0 Å². The summed E-state index contributed by atoms with van der Waals surface area (Å²) in [5, 5.41) is 13.5. The van der Waals surface area contributed by atoms with Crippen LogP contribution in [0.25, 0.3) is 5.76 Å². The van der Waals surface area contributed by atoms with E-state index in [-0.39, 0.29) is 22.8 Å². The van der Waals surface area contributed by atoms with Crippen LogP contribution in [0, 0.1) is 0 Å². The molecule has 0 bridgehead atoms. The first-order valence-corrected chi connectivity index (χ1v) is 5.32. The molecule has 0 atom stereocenters. The van der Waals surface area contributed by atoms with Crippen molar-refractivity contribution in [3.8, 4) is 0 Å². The van der Waals surface area contributed by atoms with Gasteiger partial charge < -0.3 is 9.94 Å². The summed E-state index contributed by atoms with van der Waals surface area (Å²) in [7, 11) is 0. The molecule has 0 unspecified atom stereocenters. The summed E-state index contributed by atoms with van der Waals surface area (Å²) in [6.45, 7) is 2.70. The number of Topliss-reactive ketones (excluding diaryl/α,β-unsaturated/α-hetero) is 1. The van der Waals surface area contributed by atoms with Gasteiger partial charge in [-0.2, -0.15) is 0 Å². The molecule has 1 aromatic carbocycles. The van der Waals surface area contributed by atoms with Crippen LogP contribution in [0.15, 0.2) is 35.0 Å². The highest BCUT2D eigenvalue weighted by atomic mass is 16.7. The number of aliphatic hydroxyl groups is 1. The molecule has 1 N–H and O–H groups in total. The number of fused-ring (bicyclic) bond motifs is 1. The van der Waals surface area contributed by atoms with Crippen molar-refractivity contribution in [2.75, 3.05) is 0 Å². The number of hydrogen-bond donors (Lipinski definition) is 1. The van der Waals surface area contributed by atoms with E-state index in [1.165, 1.54) is 13.8 Å². The highest BCUT2D eigenvalue weighted by Crippen LogP contribution is 2.31. The number of ketones is 1. The number of carbonyl (C=O) groups is 2. The Labute approximate surface area is 103 Å². The Kier molecular flexibility index (Phi) is 2.97. The van der Waals surface area contributed by atoms with Crippen molar-refractivity contribution in [2.45, 2.75) is 13.8 Å². The third kappa shape index (κ3) is 1.90. The van der Waals surface area contributed by atoms with Crippen molar-refractivity contribution < 1.29 is 19.5 Å². The second-order valence-corrected chi connectivity index (χ2v) is 3.86. The Morgan fingerprint density at radius 1 is 1.22 bits per heavy atom. The molecule has 5 heteroatoms. The van der Waals surface area contributed by atoms with Crippen molar-refractivity contribution >= 4 is 23.2 Å². The molecule has 0 spiro atoms. The third-order valence-electron chi connectivity index (χ3n) is 2.56. The minimum atomic E-state index is -0.586. The molecule has 5 nitrogen and oxygen atoms in total. The second kappa shape index (κ2) is 4.44. The van der Waals surface area contributed by atoms with Crippen LogP contribution in [0.2, 0.25) is 0 Å². The summed E-state index contributed by atoms with van der Waals surface area (Å²) in [5.41, 5.74) is 1.12. The van der Waals surface area contributed by atoms with Gasteiger partial charge in [-0.15, -0.1) is 0 Å². The second-order valence-electron chi connectivity index (χ2n) is 3.86. The fourth-order valence-electron chi connectivity index (χ4n) is 1.78. The van der Waals surface area contributed by atoms with E-state index in [9.17, 15) is 14.7 Å². The molecule has 1 aliphatic rings. The van der Waals surface area contributed by atoms with Crippen LogP contribution in [0.1, 0.15) is 29.8 Å². The summed E-state index contributed by atoms with van der Waals surface area (Å²) in [6, 6.07) is 6.71.